The number of thiocarbonyl (C=S) groups is 1. The van der Waals surface area contributed by atoms with Crippen LogP contribution in [-0.2, 0) is 9.53 Å². The zero-order chi connectivity index (χ0) is 15.0. The van der Waals surface area contributed by atoms with Crippen molar-refractivity contribution in [1.82, 2.24) is 10.6 Å². The first-order valence-electron chi connectivity index (χ1n) is 6.09. The summed E-state index contributed by atoms with van der Waals surface area (Å²) in [6.07, 6.45) is 0. The van der Waals surface area contributed by atoms with Crippen LogP contribution in [-0.4, -0.2) is 37.8 Å². The molecule has 0 atom stereocenters. The van der Waals surface area contributed by atoms with E-state index in [0.29, 0.717) is 24.4 Å². The van der Waals surface area contributed by atoms with Crippen molar-refractivity contribution in [3.05, 3.63) is 29.6 Å². The van der Waals surface area contributed by atoms with E-state index < -0.39 is 0 Å². The molecule has 1 aromatic rings. The van der Waals surface area contributed by atoms with Gasteiger partial charge < -0.3 is 20.7 Å². The van der Waals surface area contributed by atoms with Crippen LogP contribution in [0.2, 0.25) is 0 Å². The molecule has 0 spiro atoms. The Morgan fingerprint density at radius 2 is 2.15 bits per heavy atom. The van der Waals surface area contributed by atoms with Crippen LogP contribution in [0.4, 0.5) is 10.1 Å². The summed E-state index contributed by atoms with van der Waals surface area (Å²) < 4.78 is 18.1. The maximum atomic E-state index is 13.3. The van der Waals surface area contributed by atoms with Gasteiger partial charge in [-0.05, 0) is 36.8 Å². The third kappa shape index (κ3) is 5.94. The summed E-state index contributed by atoms with van der Waals surface area (Å²) in [5, 5.41) is 8.45. The zero-order valence-electron chi connectivity index (χ0n) is 11.5. The Kier molecular flexibility index (Phi) is 6.89. The smallest absolute Gasteiger partial charge is 0.239 e. The summed E-state index contributed by atoms with van der Waals surface area (Å²) in [6.45, 7) is 2.63. The van der Waals surface area contributed by atoms with Gasteiger partial charge in [0.25, 0.3) is 0 Å². The topological polar surface area (TPSA) is 62.4 Å². The van der Waals surface area contributed by atoms with Crippen molar-refractivity contribution >= 4 is 28.9 Å². The molecular formula is C13H18FN3O2S. The standard InChI is InChI=1S/C13H18FN3O2S/c1-9-3-4-10(7-11(9)14)17-13(20)16-8-12(18)15-5-6-19-2/h3-4,7H,5-6,8H2,1-2H3,(H,15,18)(H2,16,17,20). The molecule has 0 aliphatic carbocycles. The SMILES string of the molecule is COCCNC(=O)CNC(=S)Nc1ccc(C)c(F)c1. The minimum Gasteiger partial charge on any atom is -0.383 e. The van der Waals surface area contributed by atoms with Crippen LogP contribution >= 0.6 is 12.2 Å². The van der Waals surface area contributed by atoms with Crippen LogP contribution in [0.5, 0.6) is 0 Å². The molecule has 0 saturated carbocycles. The fraction of sp³-hybridized carbons (Fsp3) is 0.385. The second kappa shape index (κ2) is 8.44. The molecule has 20 heavy (non-hydrogen) atoms. The average molecular weight is 299 g/mol. The van der Waals surface area contributed by atoms with E-state index in [4.69, 9.17) is 17.0 Å². The van der Waals surface area contributed by atoms with Crippen molar-refractivity contribution < 1.29 is 13.9 Å². The quantitative estimate of drug-likeness (QED) is 0.544. The Balaban J connectivity index is 2.32. The minimum atomic E-state index is -0.310. The number of anilines is 1. The van der Waals surface area contributed by atoms with Crippen molar-refractivity contribution in [3.8, 4) is 0 Å². The highest BCUT2D eigenvalue weighted by Gasteiger charge is 2.04. The molecule has 0 aliphatic rings. The summed E-state index contributed by atoms with van der Waals surface area (Å²) in [5.74, 6) is -0.503. The average Bonchev–Trinajstić information content (AvgIpc) is 2.41. The lowest BCUT2D eigenvalue weighted by atomic mass is 10.2. The normalized spacial score (nSPS) is 9.95. The molecule has 1 aromatic carbocycles. The number of nitrogens with one attached hydrogen (secondary N) is 3. The monoisotopic (exact) mass is 299 g/mol. The maximum Gasteiger partial charge on any atom is 0.239 e. The molecule has 0 bridgehead atoms. The van der Waals surface area contributed by atoms with E-state index in [-0.39, 0.29) is 23.4 Å². The van der Waals surface area contributed by atoms with Crippen molar-refractivity contribution in [3.63, 3.8) is 0 Å². The van der Waals surface area contributed by atoms with E-state index in [1.807, 2.05) is 0 Å². The number of carbonyl (C=O) groups is 1. The number of methoxy groups -OCH3 is 1. The molecule has 0 unspecified atom stereocenters. The van der Waals surface area contributed by atoms with Crippen molar-refractivity contribution in [1.29, 1.82) is 0 Å². The van der Waals surface area contributed by atoms with Crippen LogP contribution in [0.15, 0.2) is 18.2 Å². The Hall–Kier alpha value is -1.73. The number of rotatable bonds is 6. The molecule has 0 saturated heterocycles. The molecular weight excluding hydrogens is 281 g/mol. The first-order valence-corrected chi connectivity index (χ1v) is 6.50. The molecule has 0 heterocycles. The number of ether oxygens (including phenoxy) is 1. The molecule has 7 heteroatoms. The minimum absolute atomic E-state index is 0.0455. The van der Waals surface area contributed by atoms with Crippen LogP contribution in [0.3, 0.4) is 0 Å². The lowest BCUT2D eigenvalue weighted by molar-refractivity contribution is -0.120. The largest absolute Gasteiger partial charge is 0.383 e. The summed E-state index contributed by atoms with van der Waals surface area (Å²) in [6, 6.07) is 4.71. The van der Waals surface area contributed by atoms with Gasteiger partial charge in [0, 0.05) is 19.3 Å². The number of carbonyl (C=O) groups excluding carboxylic acids is 1. The van der Waals surface area contributed by atoms with Gasteiger partial charge in [0.2, 0.25) is 5.91 Å². The fourth-order valence-corrected chi connectivity index (χ4v) is 1.55. The van der Waals surface area contributed by atoms with Crippen LogP contribution in [0.25, 0.3) is 0 Å². The Morgan fingerprint density at radius 3 is 2.80 bits per heavy atom. The number of aryl methyl sites for hydroxylation is 1. The van der Waals surface area contributed by atoms with Gasteiger partial charge in [-0.3, -0.25) is 4.79 Å². The lowest BCUT2D eigenvalue weighted by Crippen LogP contribution is -2.39. The number of halogens is 1. The molecule has 0 fully saturated rings. The van der Waals surface area contributed by atoms with Crippen molar-refractivity contribution in [2.24, 2.45) is 0 Å². The van der Waals surface area contributed by atoms with E-state index >= 15 is 0 Å². The number of hydrogen-bond acceptors (Lipinski definition) is 3. The Labute approximate surface area is 122 Å². The molecule has 0 aromatic heterocycles. The molecule has 110 valence electrons. The van der Waals surface area contributed by atoms with E-state index in [1.165, 1.54) is 6.07 Å². The summed E-state index contributed by atoms with van der Waals surface area (Å²) in [7, 11) is 1.56. The summed E-state index contributed by atoms with van der Waals surface area (Å²) >= 11 is 5.02. The predicted octanol–water partition coefficient (Wildman–Crippen LogP) is 1.18. The molecule has 1 amide bonds. The first-order chi connectivity index (χ1) is 9.52. The highest BCUT2D eigenvalue weighted by Crippen LogP contribution is 2.13. The summed E-state index contributed by atoms with van der Waals surface area (Å²) in [4.78, 5) is 11.4. The second-order valence-corrected chi connectivity index (χ2v) is 4.52. The molecule has 3 N–H and O–H groups in total. The molecule has 1 rings (SSSR count). The number of amides is 1. The fourth-order valence-electron chi connectivity index (χ4n) is 1.36. The van der Waals surface area contributed by atoms with Gasteiger partial charge in [-0.25, -0.2) is 4.39 Å². The van der Waals surface area contributed by atoms with Gasteiger partial charge in [0.05, 0.1) is 13.2 Å². The van der Waals surface area contributed by atoms with Gasteiger partial charge >= 0.3 is 0 Å². The van der Waals surface area contributed by atoms with Gasteiger partial charge in [-0.1, -0.05) is 6.07 Å². The summed E-state index contributed by atoms with van der Waals surface area (Å²) in [5.41, 5.74) is 1.09. The lowest BCUT2D eigenvalue weighted by Gasteiger charge is -2.11. The third-order valence-electron chi connectivity index (χ3n) is 2.47. The zero-order valence-corrected chi connectivity index (χ0v) is 12.3. The number of benzene rings is 1. The van der Waals surface area contributed by atoms with E-state index in [0.717, 1.165) is 0 Å². The number of hydrogen-bond donors (Lipinski definition) is 3. The first kappa shape index (κ1) is 16.3. The second-order valence-electron chi connectivity index (χ2n) is 4.11. The van der Waals surface area contributed by atoms with Crippen LogP contribution in [0, 0.1) is 12.7 Å². The molecule has 0 aliphatic heterocycles. The van der Waals surface area contributed by atoms with Gasteiger partial charge in [-0.15, -0.1) is 0 Å². The van der Waals surface area contributed by atoms with E-state index in [9.17, 15) is 9.18 Å². The third-order valence-corrected chi connectivity index (χ3v) is 2.71. The maximum absolute atomic E-state index is 13.3. The van der Waals surface area contributed by atoms with Gasteiger partial charge in [0.15, 0.2) is 5.11 Å². The van der Waals surface area contributed by atoms with Crippen molar-refractivity contribution in [2.45, 2.75) is 6.92 Å². The highest BCUT2D eigenvalue weighted by molar-refractivity contribution is 7.80. The van der Waals surface area contributed by atoms with Crippen LogP contribution < -0.4 is 16.0 Å². The van der Waals surface area contributed by atoms with Crippen LogP contribution in [0.1, 0.15) is 5.56 Å². The predicted molar refractivity (Wildman–Crippen MR) is 80.2 cm³/mol. The van der Waals surface area contributed by atoms with E-state index in [2.05, 4.69) is 16.0 Å². The highest BCUT2D eigenvalue weighted by atomic mass is 32.1. The van der Waals surface area contributed by atoms with Crippen molar-refractivity contribution in [2.75, 3.05) is 32.1 Å². The van der Waals surface area contributed by atoms with E-state index in [1.54, 1.807) is 26.2 Å². The molecule has 0 radical (unpaired) electrons. The van der Waals surface area contributed by atoms with Gasteiger partial charge in [0.1, 0.15) is 5.82 Å². The Morgan fingerprint density at radius 1 is 1.40 bits per heavy atom. The Bertz CT molecular complexity index is 483. The van der Waals surface area contributed by atoms with Gasteiger partial charge in [-0.2, -0.15) is 0 Å². The molecule has 5 nitrogen and oxygen atoms in total.